The van der Waals surface area contributed by atoms with E-state index in [9.17, 15) is 13.2 Å². The van der Waals surface area contributed by atoms with Crippen molar-refractivity contribution in [3.8, 4) is 0 Å². The van der Waals surface area contributed by atoms with Crippen molar-refractivity contribution in [2.24, 2.45) is 9.39 Å². The van der Waals surface area contributed by atoms with Crippen LogP contribution in [-0.4, -0.2) is 25.7 Å². The third-order valence-electron chi connectivity index (χ3n) is 3.98. The van der Waals surface area contributed by atoms with Gasteiger partial charge in [-0.3, -0.25) is 4.79 Å². The Hall–Kier alpha value is -1.20. The summed E-state index contributed by atoms with van der Waals surface area (Å²) < 4.78 is 31.1. The van der Waals surface area contributed by atoms with E-state index in [-0.39, 0.29) is 25.5 Å². The molecule has 0 N–H and O–H groups in total. The number of allylic oxidation sites excluding steroid dienone is 4. The number of sulfonamides is 1. The molecule has 1 aliphatic carbocycles. The van der Waals surface area contributed by atoms with Crippen molar-refractivity contribution < 1.29 is 13.2 Å². The minimum absolute atomic E-state index is 0.0185. The summed E-state index contributed by atoms with van der Waals surface area (Å²) >= 11 is 13.2. The molecular weight excluding hydrogens is 668 g/mol. The number of aryl methyl sites for hydroxylation is 1. The first-order valence-electron chi connectivity index (χ1n) is 8.33. The average Bonchev–Trinajstić information content (AvgIpc) is 2.74. The minimum atomic E-state index is -4.02. The van der Waals surface area contributed by atoms with E-state index in [4.69, 9.17) is 0 Å². The molecule has 0 amide bonds. The first-order valence-corrected chi connectivity index (χ1v) is 12.9. The van der Waals surface area contributed by atoms with E-state index >= 15 is 0 Å². The maximum atomic E-state index is 12.9. The summed E-state index contributed by atoms with van der Waals surface area (Å²) in [6.07, 6.45) is 0. The van der Waals surface area contributed by atoms with Gasteiger partial charge in [-0.1, -0.05) is 48.0 Å². The fourth-order valence-corrected chi connectivity index (χ4v) is 5.60. The molecule has 154 valence electrons. The molecule has 0 saturated heterocycles. The fourth-order valence-electron chi connectivity index (χ4n) is 2.41. The summed E-state index contributed by atoms with van der Waals surface area (Å²) in [5.41, 5.74) is 1.76. The van der Waals surface area contributed by atoms with Gasteiger partial charge in [0.15, 0.2) is 5.84 Å². The Kier molecular flexibility index (Phi) is 7.44. The lowest BCUT2D eigenvalue weighted by Gasteiger charge is -2.15. The normalized spacial score (nSPS) is 15.7. The van der Waals surface area contributed by atoms with Crippen molar-refractivity contribution in [1.29, 1.82) is 0 Å². The van der Waals surface area contributed by atoms with E-state index in [1.807, 2.05) is 6.92 Å². The number of rotatable bonds is 3. The number of Topliss-reactive ketones (excluding diaryl/α,β-unsaturated/α-hetero) is 1. The Balaban J connectivity index is 2.23. The zero-order valence-corrected chi connectivity index (χ0v) is 22.4. The number of nitrogens with zero attached hydrogens (tertiary/aromatic N) is 2. The SMILES string of the molecule is Cc1ccc(S(=O)(=O)/N=C(/N=C2C(Br)=C(Br)C(=O)C(Br)=C2Br)c2ccccc2)cc1. The Labute approximate surface area is 207 Å². The molecule has 1 aliphatic rings. The topological polar surface area (TPSA) is 75.9 Å². The molecule has 0 radical (unpaired) electrons. The number of carbonyl (C=O) groups excluding carboxylic acids is 1. The average molecular weight is 680 g/mol. The monoisotopic (exact) mass is 676 g/mol. The van der Waals surface area contributed by atoms with Crippen LogP contribution in [-0.2, 0) is 14.8 Å². The van der Waals surface area contributed by atoms with Gasteiger partial charge >= 0.3 is 0 Å². The highest BCUT2D eigenvalue weighted by molar-refractivity contribution is 9.16. The molecule has 0 aliphatic heterocycles. The third-order valence-corrected chi connectivity index (χ3v) is 9.38. The van der Waals surface area contributed by atoms with Crippen LogP contribution in [0.3, 0.4) is 0 Å². The molecule has 2 aromatic carbocycles. The summed E-state index contributed by atoms with van der Waals surface area (Å²) in [7, 11) is -4.02. The molecule has 0 fully saturated rings. The fraction of sp³-hybridized carbons (Fsp3) is 0.0500. The lowest BCUT2D eigenvalue weighted by molar-refractivity contribution is -0.110. The maximum absolute atomic E-state index is 12.9. The van der Waals surface area contributed by atoms with Gasteiger partial charge in [0.2, 0.25) is 5.78 Å². The quantitative estimate of drug-likeness (QED) is 0.222. The van der Waals surface area contributed by atoms with Gasteiger partial charge < -0.3 is 0 Å². The summed E-state index contributed by atoms with van der Waals surface area (Å²) in [5, 5.41) is 0. The van der Waals surface area contributed by atoms with Gasteiger partial charge in [0.25, 0.3) is 10.0 Å². The van der Waals surface area contributed by atoms with Gasteiger partial charge in [0, 0.05) is 5.56 Å². The largest absolute Gasteiger partial charge is 0.287 e. The highest BCUT2D eigenvalue weighted by Gasteiger charge is 2.29. The lowest BCUT2D eigenvalue weighted by Crippen LogP contribution is -2.17. The van der Waals surface area contributed by atoms with Crippen LogP contribution in [0.4, 0.5) is 0 Å². The van der Waals surface area contributed by atoms with Crippen LogP contribution in [0.15, 0.2) is 86.8 Å². The number of benzene rings is 2. The number of ketones is 1. The minimum Gasteiger partial charge on any atom is -0.287 e. The molecule has 10 heteroatoms. The molecule has 0 atom stereocenters. The van der Waals surface area contributed by atoms with Crippen LogP contribution in [0.1, 0.15) is 11.1 Å². The first kappa shape index (κ1) is 23.5. The third kappa shape index (κ3) is 4.99. The van der Waals surface area contributed by atoms with E-state index in [0.717, 1.165) is 5.56 Å². The molecular formula is C20H12Br4N2O3S. The number of carbonyl (C=O) groups is 1. The second-order valence-electron chi connectivity index (χ2n) is 6.11. The van der Waals surface area contributed by atoms with Crippen molar-refractivity contribution in [2.45, 2.75) is 11.8 Å². The molecule has 30 heavy (non-hydrogen) atoms. The predicted molar refractivity (Wildman–Crippen MR) is 134 cm³/mol. The van der Waals surface area contributed by atoms with Gasteiger partial charge in [0.05, 0.1) is 28.5 Å². The van der Waals surface area contributed by atoms with Crippen molar-refractivity contribution in [3.63, 3.8) is 0 Å². The number of hydrogen-bond donors (Lipinski definition) is 0. The van der Waals surface area contributed by atoms with Gasteiger partial charge in [0.1, 0.15) is 0 Å². The second kappa shape index (κ2) is 9.52. The van der Waals surface area contributed by atoms with E-state index in [1.165, 1.54) is 12.1 Å². The highest BCUT2D eigenvalue weighted by atomic mass is 79.9. The molecule has 5 nitrogen and oxygen atoms in total. The molecule has 0 heterocycles. The van der Waals surface area contributed by atoms with Crippen molar-refractivity contribution >= 4 is 91.1 Å². The van der Waals surface area contributed by atoms with Crippen molar-refractivity contribution in [1.82, 2.24) is 0 Å². The summed E-state index contributed by atoms with van der Waals surface area (Å²) in [5.74, 6) is -0.298. The summed E-state index contributed by atoms with van der Waals surface area (Å²) in [6, 6.07) is 15.2. The molecule has 3 rings (SSSR count). The molecule has 2 aromatic rings. The van der Waals surface area contributed by atoms with Crippen molar-refractivity contribution in [3.05, 3.63) is 83.7 Å². The van der Waals surface area contributed by atoms with E-state index < -0.39 is 10.0 Å². The number of halogens is 4. The standard InChI is InChI=1S/C20H12Br4N2O3S/c1-11-7-9-13(10-8-11)30(28,29)26-20(12-5-3-2-4-6-12)25-18-14(21)16(23)19(27)17(24)15(18)22/h2-10H,1H3/b26-20+. The Bertz CT molecular complexity index is 1220. The van der Waals surface area contributed by atoms with E-state index in [2.05, 4.69) is 73.1 Å². The summed E-state index contributed by atoms with van der Waals surface area (Å²) in [4.78, 5) is 16.8. The molecule has 0 saturated carbocycles. The lowest BCUT2D eigenvalue weighted by atomic mass is 10.1. The maximum Gasteiger partial charge on any atom is 0.284 e. The Morgan fingerprint density at radius 1 is 0.800 bits per heavy atom. The van der Waals surface area contributed by atoms with Crippen LogP contribution in [0.2, 0.25) is 0 Å². The summed E-state index contributed by atoms with van der Waals surface area (Å²) in [6.45, 7) is 1.87. The molecule has 0 spiro atoms. The highest BCUT2D eigenvalue weighted by Crippen LogP contribution is 2.37. The Morgan fingerprint density at radius 3 is 1.87 bits per heavy atom. The van der Waals surface area contributed by atoms with Crippen LogP contribution < -0.4 is 0 Å². The van der Waals surface area contributed by atoms with Gasteiger partial charge in [-0.25, -0.2) is 4.99 Å². The van der Waals surface area contributed by atoms with Gasteiger partial charge in [-0.2, -0.15) is 8.42 Å². The molecule has 0 unspecified atom stereocenters. The Morgan fingerprint density at radius 2 is 1.33 bits per heavy atom. The predicted octanol–water partition coefficient (Wildman–Crippen LogP) is 6.16. The number of amidine groups is 1. The van der Waals surface area contributed by atoms with Crippen molar-refractivity contribution in [2.75, 3.05) is 0 Å². The zero-order chi connectivity index (χ0) is 22.1. The zero-order valence-electron chi connectivity index (χ0n) is 15.2. The van der Waals surface area contributed by atoms with E-state index in [0.29, 0.717) is 20.2 Å². The van der Waals surface area contributed by atoms with E-state index in [1.54, 1.807) is 42.5 Å². The first-order chi connectivity index (χ1) is 14.1. The van der Waals surface area contributed by atoms with Crippen LogP contribution in [0.25, 0.3) is 0 Å². The molecule has 0 bridgehead atoms. The van der Waals surface area contributed by atoms with Crippen LogP contribution >= 0.6 is 63.7 Å². The van der Waals surface area contributed by atoms with Crippen LogP contribution in [0, 0.1) is 6.92 Å². The number of aliphatic imine (C=N–C) groups is 1. The smallest absolute Gasteiger partial charge is 0.284 e. The second-order valence-corrected chi connectivity index (χ2v) is 10.9. The van der Waals surface area contributed by atoms with Gasteiger partial charge in [-0.05, 0) is 82.8 Å². The number of hydrogen-bond acceptors (Lipinski definition) is 3. The molecule has 0 aromatic heterocycles. The van der Waals surface area contributed by atoms with Crippen LogP contribution in [0.5, 0.6) is 0 Å². The van der Waals surface area contributed by atoms with Gasteiger partial charge in [-0.15, -0.1) is 4.40 Å².